The molecule has 1 saturated heterocycles. The molecule has 3 N–H and O–H groups in total. The number of aliphatic hydroxyl groups excluding tert-OH is 1. The maximum Gasteiger partial charge on any atom is 0.0972 e. The van der Waals surface area contributed by atoms with Crippen molar-refractivity contribution in [3.63, 3.8) is 0 Å². The van der Waals surface area contributed by atoms with Crippen LogP contribution in [0.3, 0.4) is 0 Å². The van der Waals surface area contributed by atoms with E-state index in [0.717, 1.165) is 31.8 Å². The molecule has 1 fully saturated rings. The van der Waals surface area contributed by atoms with Gasteiger partial charge in [-0.15, -0.1) is 0 Å². The first-order valence-corrected chi connectivity index (χ1v) is 6.72. The van der Waals surface area contributed by atoms with Gasteiger partial charge in [0.15, 0.2) is 0 Å². The predicted octanol–water partition coefficient (Wildman–Crippen LogP) is 0.440. The molecule has 0 saturated carbocycles. The highest BCUT2D eigenvalue weighted by atomic mass is 16.3. The van der Waals surface area contributed by atoms with Crippen molar-refractivity contribution in [2.75, 3.05) is 32.8 Å². The molecule has 0 bridgehead atoms. The first kappa shape index (κ1) is 14.9. The molecule has 17 heavy (non-hydrogen) atoms. The van der Waals surface area contributed by atoms with Crippen molar-refractivity contribution in [1.82, 2.24) is 10.2 Å². The molecule has 0 aromatic heterocycles. The number of hydrogen-bond donors (Lipinski definition) is 3. The van der Waals surface area contributed by atoms with Crippen molar-refractivity contribution in [1.29, 1.82) is 0 Å². The molecular formula is C13H28N2O2. The van der Waals surface area contributed by atoms with Crippen molar-refractivity contribution in [3.8, 4) is 0 Å². The molecule has 0 amide bonds. The van der Waals surface area contributed by atoms with Gasteiger partial charge in [-0.2, -0.15) is 0 Å². The fourth-order valence-electron chi connectivity index (χ4n) is 2.26. The maximum absolute atomic E-state index is 9.70. The van der Waals surface area contributed by atoms with Crippen LogP contribution in [0.2, 0.25) is 0 Å². The molecule has 1 rings (SSSR count). The summed E-state index contributed by atoms with van der Waals surface area (Å²) in [5.74, 6) is 0.731. The molecule has 0 aliphatic carbocycles. The van der Waals surface area contributed by atoms with Crippen molar-refractivity contribution in [2.24, 2.45) is 5.92 Å². The number of hydrogen-bond acceptors (Lipinski definition) is 4. The molecule has 1 aliphatic rings. The minimum Gasteiger partial charge on any atom is -0.393 e. The third-order valence-corrected chi connectivity index (χ3v) is 3.32. The summed E-state index contributed by atoms with van der Waals surface area (Å²) >= 11 is 0. The predicted molar refractivity (Wildman–Crippen MR) is 70.0 cm³/mol. The lowest BCUT2D eigenvalue weighted by Gasteiger charge is -2.34. The third kappa shape index (κ3) is 5.82. The van der Waals surface area contributed by atoms with Crippen molar-refractivity contribution >= 4 is 0 Å². The zero-order valence-electron chi connectivity index (χ0n) is 11.4. The number of nitrogens with one attached hydrogen (secondary N) is 1. The lowest BCUT2D eigenvalue weighted by atomic mass is 10.0. The summed E-state index contributed by atoms with van der Waals surface area (Å²) in [6, 6.07) is 0.483. The van der Waals surface area contributed by atoms with E-state index < -0.39 is 5.60 Å². The maximum atomic E-state index is 9.70. The van der Waals surface area contributed by atoms with E-state index in [-0.39, 0.29) is 6.61 Å². The average molecular weight is 244 g/mol. The van der Waals surface area contributed by atoms with Crippen LogP contribution >= 0.6 is 0 Å². The van der Waals surface area contributed by atoms with Crippen LogP contribution in [0.4, 0.5) is 0 Å². The van der Waals surface area contributed by atoms with Crippen molar-refractivity contribution < 1.29 is 10.2 Å². The van der Waals surface area contributed by atoms with Gasteiger partial charge in [0.25, 0.3) is 0 Å². The average Bonchev–Trinajstić information content (AvgIpc) is 2.28. The van der Waals surface area contributed by atoms with Crippen molar-refractivity contribution in [3.05, 3.63) is 0 Å². The zero-order chi connectivity index (χ0) is 12.9. The second-order valence-corrected chi connectivity index (χ2v) is 6.00. The molecule has 4 nitrogen and oxygen atoms in total. The molecule has 1 atom stereocenters. The van der Waals surface area contributed by atoms with Crippen LogP contribution in [-0.2, 0) is 0 Å². The van der Waals surface area contributed by atoms with Gasteiger partial charge in [0, 0.05) is 19.1 Å². The first-order chi connectivity index (χ1) is 7.93. The Morgan fingerprint density at radius 2 is 1.94 bits per heavy atom. The van der Waals surface area contributed by atoms with Crippen LogP contribution in [0, 0.1) is 5.92 Å². The number of piperidine rings is 1. The van der Waals surface area contributed by atoms with E-state index in [4.69, 9.17) is 5.11 Å². The Labute approximate surface area is 105 Å². The van der Waals surface area contributed by atoms with E-state index in [2.05, 4.69) is 24.1 Å². The van der Waals surface area contributed by atoms with E-state index >= 15 is 0 Å². The first-order valence-electron chi connectivity index (χ1n) is 6.72. The highest BCUT2D eigenvalue weighted by Crippen LogP contribution is 2.12. The standard InChI is InChI=1S/C13H28N2O2/c1-11(2)8-15-6-4-12(5-7-15)14-9-13(3,17)10-16/h11-12,14,16-17H,4-10H2,1-3H3. The molecule has 1 unspecified atom stereocenters. The van der Waals surface area contributed by atoms with Crippen LogP contribution < -0.4 is 5.32 Å². The summed E-state index contributed by atoms with van der Waals surface area (Å²) in [5, 5.41) is 22.0. The number of nitrogens with zero attached hydrogens (tertiary/aromatic N) is 1. The Kier molecular flexibility index (Phi) is 5.86. The van der Waals surface area contributed by atoms with E-state index in [1.807, 2.05) is 0 Å². The van der Waals surface area contributed by atoms with E-state index in [1.165, 1.54) is 6.54 Å². The Bertz CT molecular complexity index is 211. The minimum atomic E-state index is -0.991. The zero-order valence-corrected chi connectivity index (χ0v) is 11.4. The van der Waals surface area contributed by atoms with Gasteiger partial charge in [-0.05, 0) is 38.8 Å². The van der Waals surface area contributed by atoms with Gasteiger partial charge in [-0.25, -0.2) is 0 Å². The highest BCUT2D eigenvalue weighted by Gasteiger charge is 2.23. The molecular weight excluding hydrogens is 216 g/mol. The van der Waals surface area contributed by atoms with Crippen molar-refractivity contribution in [2.45, 2.75) is 45.3 Å². The molecule has 0 aromatic carbocycles. The monoisotopic (exact) mass is 244 g/mol. The smallest absolute Gasteiger partial charge is 0.0972 e. The summed E-state index contributed by atoms with van der Waals surface area (Å²) in [6.07, 6.45) is 2.27. The molecule has 0 aromatic rings. The Balaban J connectivity index is 2.19. The molecule has 4 heteroatoms. The fraction of sp³-hybridized carbons (Fsp3) is 1.00. The molecule has 1 aliphatic heterocycles. The van der Waals surface area contributed by atoms with E-state index in [1.54, 1.807) is 6.92 Å². The topological polar surface area (TPSA) is 55.7 Å². The van der Waals surface area contributed by atoms with Crippen LogP contribution in [0.25, 0.3) is 0 Å². The summed E-state index contributed by atoms with van der Waals surface area (Å²) in [5.41, 5.74) is -0.991. The summed E-state index contributed by atoms with van der Waals surface area (Å²) < 4.78 is 0. The van der Waals surface area contributed by atoms with Gasteiger partial charge in [0.05, 0.1) is 12.2 Å². The lowest BCUT2D eigenvalue weighted by molar-refractivity contribution is -0.00101. The molecule has 102 valence electrons. The van der Waals surface area contributed by atoms with Gasteiger partial charge in [-0.1, -0.05) is 13.8 Å². The number of rotatable bonds is 6. The third-order valence-electron chi connectivity index (χ3n) is 3.32. The van der Waals surface area contributed by atoms with Crippen LogP contribution in [-0.4, -0.2) is 59.5 Å². The SMILES string of the molecule is CC(C)CN1CCC(NCC(C)(O)CO)CC1. The normalized spacial score (nSPS) is 22.9. The van der Waals surface area contributed by atoms with Crippen LogP contribution in [0.15, 0.2) is 0 Å². The van der Waals surface area contributed by atoms with Gasteiger partial charge in [0.1, 0.15) is 0 Å². The quantitative estimate of drug-likeness (QED) is 0.634. The minimum absolute atomic E-state index is 0.188. The van der Waals surface area contributed by atoms with E-state index in [9.17, 15) is 5.11 Å². The van der Waals surface area contributed by atoms with Crippen LogP contribution in [0.1, 0.15) is 33.6 Å². The second-order valence-electron chi connectivity index (χ2n) is 6.00. The summed E-state index contributed by atoms with van der Waals surface area (Å²) in [4.78, 5) is 2.51. The largest absolute Gasteiger partial charge is 0.393 e. The Morgan fingerprint density at radius 3 is 2.41 bits per heavy atom. The van der Waals surface area contributed by atoms with E-state index in [0.29, 0.717) is 12.6 Å². The molecule has 0 spiro atoms. The molecule has 0 radical (unpaired) electrons. The second kappa shape index (κ2) is 6.69. The van der Waals surface area contributed by atoms with Gasteiger partial charge in [0.2, 0.25) is 0 Å². The number of aliphatic hydroxyl groups is 2. The summed E-state index contributed by atoms with van der Waals surface area (Å²) in [6.45, 7) is 9.90. The van der Waals surface area contributed by atoms with Gasteiger partial charge >= 0.3 is 0 Å². The molecule has 1 heterocycles. The Hall–Kier alpha value is -0.160. The van der Waals surface area contributed by atoms with Gasteiger partial charge < -0.3 is 20.4 Å². The van der Waals surface area contributed by atoms with Gasteiger partial charge in [-0.3, -0.25) is 0 Å². The number of likely N-dealkylation sites (tertiary alicyclic amines) is 1. The highest BCUT2D eigenvalue weighted by molar-refractivity contribution is 4.82. The lowest BCUT2D eigenvalue weighted by Crippen LogP contribution is -2.49. The van der Waals surface area contributed by atoms with Crippen LogP contribution in [0.5, 0.6) is 0 Å². The Morgan fingerprint density at radius 1 is 1.35 bits per heavy atom. The summed E-state index contributed by atoms with van der Waals surface area (Å²) in [7, 11) is 0. The fourth-order valence-corrected chi connectivity index (χ4v) is 2.26.